The van der Waals surface area contributed by atoms with E-state index in [4.69, 9.17) is 37.6 Å². The SMILES string of the molecule is CCOCCOC(C)(/C=C/C=C(\C)C1OC(=O)CC(O[Si](CC)(CC)C(C)C)CCC(C)(OCCOCC)C(OC(C)=O)/C=C/C1C)CC1OC1C(C)C(O)CC. The maximum atomic E-state index is 14.0. The molecule has 11 nitrogen and oxygen atoms in total. The van der Waals surface area contributed by atoms with Gasteiger partial charge in [0.1, 0.15) is 17.8 Å². The highest BCUT2D eigenvalue weighted by molar-refractivity contribution is 6.75. The molecule has 0 aromatic rings. The Morgan fingerprint density at radius 3 is 2.26 bits per heavy atom. The smallest absolute Gasteiger partial charge is 0.308 e. The van der Waals surface area contributed by atoms with Crippen molar-refractivity contribution in [2.75, 3.05) is 39.6 Å². The van der Waals surface area contributed by atoms with Crippen molar-refractivity contribution in [3.05, 3.63) is 36.0 Å². The first kappa shape index (κ1) is 51.2. The van der Waals surface area contributed by atoms with Gasteiger partial charge in [-0.2, -0.15) is 0 Å². The van der Waals surface area contributed by atoms with Crippen LogP contribution in [-0.2, 0) is 47.2 Å². The summed E-state index contributed by atoms with van der Waals surface area (Å²) in [6.07, 6.45) is 10.0. The third-order valence-corrected chi connectivity index (χ3v) is 17.3. The molecule has 1 saturated heterocycles. The minimum absolute atomic E-state index is 0.0210. The molecule has 0 amide bonds. The second-order valence-electron chi connectivity index (χ2n) is 16.8. The molecule has 0 saturated carbocycles. The molecule has 1 fully saturated rings. The molecule has 2 aliphatic rings. The summed E-state index contributed by atoms with van der Waals surface area (Å²) in [5.74, 6) is -0.974. The van der Waals surface area contributed by atoms with Crippen LogP contribution in [-0.4, -0.2) is 113 Å². The van der Waals surface area contributed by atoms with Crippen molar-refractivity contribution in [1.82, 2.24) is 0 Å². The first-order valence-electron chi connectivity index (χ1n) is 21.8. The van der Waals surface area contributed by atoms with Gasteiger partial charge in [0.05, 0.1) is 62.9 Å². The van der Waals surface area contributed by atoms with Crippen molar-refractivity contribution in [2.24, 2.45) is 11.8 Å². The van der Waals surface area contributed by atoms with Crippen LogP contribution >= 0.6 is 0 Å². The average molecular weight is 825 g/mol. The first-order chi connectivity index (χ1) is 26.9. The van der Waals surface area contributed by atoms with Crippen LogP contribution in [0.1, 0.15) is 122 Å². The van der Waals surface area contributed by atoms with Crippen LogP contribution in [0.3, 0.4) is 0 Å². The van der Waals surface area contributed by atoms with E-state index in [-0.39, 0.29) is 36.4 Å². The van der Waals surface area contributed by atoms with Crippen LogP contribution in [0.4, 0.5) is 0 Å². The van der Waals surface area contributed by atoms with Crippen molar-refractivity contribution >= 4 is 20.3 Å². The second-order valence-corrected chi connectivity index (χ2v) is 21.7. The van der Waals surface area contributed by atoms with E-state index in [2.05, 4.69) is 27.7 Å². The number of allylic oxidation sites excluding steroid dienone is 2. The second kappa shape index (κ2) is 25.0. The van der Waals surface area contributed by atoms with E-state index in [0.29, 0.717) is 70.9 Å². The van der Waals surface area contributed by atoms with Crippen LogP contribution in [0, 0.1) is 11.8 Å². The normalized spacial score (nSPS) is 29.2. The fraction of sp³-hybridized carbons (Fsp3) is 0.822. The number of aliphatic hydroxyl groups excluding tert-OH is 1. The van der Waals surface area contributed by atoms with E-state index in [9.17, 15) is 14.7 Å². The van der Waals surface area contributed by atoms with E-state index in [1.165, 1.54) is 6.92 Å². The van der Waals surface area contributed by atoms with Crippen molar-refractivity contribution in [2.45, 2.75) is 188 Å². The van der Waals surface area contributed by atoms with Gasteiger partial charge in [-0.3, -0.25) is 9.59 Å². The molecule has 0 aromatic heterocycles. The summed E-state index contributed by atoms with van der Waals surface area (Å²) in [5.41, 5.74) is -0.372. The van der Waals surface area contributed by atoms with Crippen LogP contribution < -0.4 is 0 Å². The third-order valence-electron chi connectivity index (χ3n) is 12.0. The minimum atomic E-state index is -2.21. The van der Waals surface area contributed by atoms with Gasteiger partial charge in [0.15, 0.2) is 8.32 Å². The molecule has 2 aliphatic heterocycles. The van der Waals surface area contributed by atoms with Gasteiger partial charge in [0, 0.05) is 38.4 Å². The fourth-order valence-electron chi connectivity index (χ4n) is 7.96. The number of carbonyl (C=O) groups is 2. The van der Waals surface area contributed by atoms with Gasteiger partial charge < -0.3 is 42.7 Å². The highest BCUT2D eigenvalue weighted by atomic mass is 28.4. The lowest BCUT2D eigenvalue weighted by Crippen LogP contribution is -2.47. The van der Waals surface area contributed by atoms with E-state index in [1.807, 2.05) is 85.8 Å². The third kappa shape index (κ3) is 16.6. The summed E-state index contributed by atoms with van der Waals surface area (Å²) >= 11 is 0. The molecule has 0 bridgehead atoms. The molecule has 0 aliphatic carbocycles. The lowest BCUT2D eigenvalue weighted by Gasteiger charge is -2.40. The molecule has 10 unspecified atom stereocenters. The largest absolute Gasteiger partial charge is 0.457 e. The van der Waals surface area contributed by atoms with E-state index in [0.717, 1.165) is 17.7 Å². The van der Waals surface area contributed by atoms with Crippen LogP contribution in [0.25, 0.3) is 0 Å². The Kier molecular flexibility index (Phi) is 22.5. The lowest BCUT2D eigenvalue weighted by molar-refractivity contribution is -0.166. The number of hydrogen-bond donors (Lipinski definition) is 1. The number of aliphatic hydroxyl groups is 1. The molecule has 2 rings (SSSR count). The van der Waals surface area contributed by atoms with Gasteiger partial charge >= 0.3 is 11.9 Å². The number of esters is 2. The van der Waals surface area contributed by atoms with Crippen LogP contribution in [0.2, 0.25) is 17.6 Å². The fourth-order valence-corrected chi connectivity index (χ4v) is 11.6. The molecule has 0 aromatic carbocycles. The lowest BCUT2D eigenvalue weighted by atomic mass is 9.88. The molecule has 0 spiro atoms. The monoisotopic (exact) mass is 825 g/mol. The molecule has 2 heterocycles. The van der Waals surface area contributed by atoms with Gasteiger partial charge in [-0.1, -0.05) is 72.8 Å². The number of epoxide rings is 1. The quantitative estimate of drug-likeness (QED) is 0.0251. The number of hydrogen-bond acceptors (Lipinski definition) is 11. The topological polar surface area (TPSA) is 132 Å². The number of rotatable bonds is 24. The summed E-state index contributed by atoms with van der Waals surface area (Å²) in [5, 5.41) is 10.4. The Bertz CT molecular complexity index is 1280. The van der Waals surface area contributed by atoms with Gasteiger partial charge in [0.25, 0.3) is 0 Å². The standard InChI is InChI=1S/C45H80O11Si/c1-14-38(47)35(10)43-39(54-43)31-44(12,51-28-26-49-15-2)24-19-20-33(8)42-34(9)21-22-40(53-36(11)46)45(13,52-29-27-50-16-3)25-23-37(30-41(48)55-42)56-57(17-4,18-5)32(6)7/h19-22,24,32,34-35,37-40,42-43,47H,14-18,23,25-31H2,1-13H3/b22-21+,24-19+,33-20+. The Morgan fingerprint density at radius 2 is 1.68 bits per heavy atom. The number of cyclic esters (lactones) is 1. The molecule has 57 heavy (non-hydrogen) atoms. The Hall–Kier alpha value is -1.90. The average Bonchev–Trinajstić information content (AvgIpc) is 3.93. The van der Waals surface area contributed by atoms with Gasteiger partial charge in [-0.15, -0.1) is 0 Å². The zero-order valence-corrected chi connectivity index (χ0v) is 38.8. The van der Waals surface area contributed by atoms with Crippen molar-refractivity contribution in [1.29, 1.82) is 0 Å². The molecular weight excluding hydrogens is 745 g/mol. The zero-order valence-electron chi connectivity index (χ0n) is 37.8. The minimum Gasteiger partial charge on any atom is -0.457 e. The summed E-state index contributed by atoms with van der Waals surface area (Å²) in [6, 6.07) is 1.87. The highest BCUT2D eigenvalue weighted by Gasteiger charge is 2.48. The molecule has 12 heteroatoms. The molecular formula is C45H80O11Si. The molecule has 330 valence electrons. The van der Waals surface area contributed by atoms with Gasteiger partial charge in [-0.25, -0.2) is 0 Å². The molecule has 0 radical (unpaired) electrons. The van der Waals surface area contributed by atoms with E-state index < -0.39 is 49.9 Å². The van der Waals surface area contributed by atoms with Crippen LogP contribution in [0.15, 0.2) is 36.0 Å². The summed E-state index contributed by atoms with van der Waals surface area (Å²) in [4.78, 5) is 26.5. The summed E-state index contributed by atoms with van der Waals surface area (Å²) < 4.78 is 49.5. The summed E-state index contributed by atoms with van der Waals surface area (Å²) in [7, 11) is -2.21. The van der Waals surface area contributed by atoms with Crippen molar-refractivity contribution < 1.29 is 52.3 Å². The van der Waals surface area contributed by atoms with Gasteiger partial charge in [0.2, 0.25) is 0 Å². The van der Waals surface area contributed by atoms with Crippen molar-refractivity contribution in [3.63, 3.8) is 0 Å². The van der Waals surface area contributed by atoms with Crippen molar-refractivity contribution in [3.8, 4) is 0 Å². The predicted molar refractivity (Wildman–Crippen MR) is 228 cm³/mol. The highest BCUT2D eigenvalue weighted by Crippen LogP contribution is 2.39. The number of carbonyl (C=O) groups excluding carboxylic acids is 2. The van der Waals surface area contributed by atoms with Crippen LogP contribution in [0.5, 0.6) is 0 Å². The Balaban J connectivity index is 2.53. The maximum absolute atomic E-state index is 14.0. The first-order valence-corrected chi connectivity index (χ1v) is 24.2. The van der Waals surface area contributed by atoms with E-state index in [1.54, 1.807) is 0 Å². The van der Waals surface area contributed by atoms with Gasteiger partial charge in [-0.05, 0) is 83.2 Å². The van der Waals surface area contributed by atoms with E-state index >= 15 is 0 Å². The molecule has 1 N–H and O–H groups in total. The number of ether oxygens (including phenoxy) is 7. The zero-order chi connectivity index (χ0) is 42.8. The Labute approximate surface area is 346 Å². The maximum Gasteiger partial charge on any atom is 0.308 e. The summed E-state index contributed by atoms with van der Waals surface area (Å²) in [6.45, 7) is 28.9. The Morgan fingerprint density at radius 1 is 1.04 bits per heavy atom. The molecule has 10 atom stereocenters. The predicted octanol–water partition coefficient (Wildman–Crippen LogP) is 8.68.